The van der Waals surface area contributed by atoms with Crippen LogP contribution in [0.2, 0.25) is 0 Å². The molecule has 2 aliphatic rings. The quantitative estimate of drug-likeness (QED) is 0.832. The summed E-state index contributed by atoms with van der Waals surface area (Å²) in [5, 5.41) is 10.2. The number of aliphatic hydroxyl groups excluding tert-OH is 1. The second kappa shape index (κ2) is 4.26. The average molecular weight is 270 g/mol. The van der Waals surface area contributed by atoms with E-state index in [1.807, 2.05) is 12.1 Å². The van der Waals surface area contributed by atoms with E-state index in [0.717, 1.165) is 25.0 Å². The number of benzene rings is 1. The van der Waals surface area contributed by atoms with E-state index in [0.29, 0.717) is 22.8 Å². The monoisotopic (exact) mass is 270 g/mol. The van der Waals surface area contributed by atoms with Gasteiger partial charge in [0, 0.05) is 17.7 Å². The predicted molar refractivity (Wildman–Crippen MR) is 71.2 cm³/mol. The van der Waals surface area contributed by atoms with Crippen molar-refractivity contribution in [2.24, 2.45) is 0 Å². The number of Topliss-reactive ketones (excluding diaryl/α,β-unsaturated/α-hetero) is 1. The Hall–Kier alpha value is -1.98. The molecule has 2 aromatic rings. The smallest absolute Gasteiger partial charge is 0.198 e. The second-order valence-electron chi connectivity index (χ2n) is 5.20. The Bertz CT molecular complexity index is 686. The minimum absolute atomic E-state index is 0.0601. The topological polar surface area (TPSA) is 75.2 Å². The van der Waals surface area contributed by atoms with Crippen molar-refractivity contribution >= 4 is 5.78 Å². The van der Waals surface area contributed by atoms with Gasteiger partial charge >= 0.3 is 0 Å². The lowest BCUT2D eigenvalue weighted by molar-refractivity contribution is 0.0734. The molecule has 4 rings (SSSR count). The third kappa shape index (κ3) is 1.57. The fourth-order valence-corrected chi connectivity index (χ4v) is 2.94. The molecular formula is C15H14N2O3. The fourth-order valence-electron chi connectivity index (χ4n) is 2.94. The highest BCUT2D eigenvalue weighted by molar-refractivity contribution is 6.08. The van der Waals surface area contributed by atoms with Crippen LogP contribution in [0.4, 0.5) is 0 Å². The molecule has 0 saturated carbocycles. The number of ether oxygens (including phenoxy) is 1. The zero-order valence-electron chi connectivity index (χ0n) is 10.8. The highest BCUT2D eigenvalue weighted by Crippen LogP contribution is 2.39. The van der Waals surface area contributed by atoms with Crippen molar-refractivity contribution in [1.29, 1.82) is 0 Å². The molecule has 1 aromatic heterocycles. The highest BCUT2D eigenvalue weighted by atomic mass is 16.5. The molecule has 1 saturated heterocycles. The maximum atomic E-state index is 12.2. The van der Waals surface area contributed by atoms with E-state index in [9.17, 15) is 9.90 Å². The van der Waals surface area contributed by atoms with E-state index in [-0.39, 0.29) is 11.9 Å². The summed E-state index contributed by atoms with van der Waals surface area (Å²) in [4.78, 5) is 19.8. The zero-order chi connectivity index (χ0) is 13.7. The van der Waals surface area contributed by atoms with Crippen LogP contribution in [0.25, 0.3) is 11.3 Å². The molecule has 0 radical (unpaired) electrons. The van der Waals surface area contributed by atoms with Crippen LogP contribution in [-0.2, 0) is 4.74 Å². The Kier molecular flexibility index (Phi) is 2.52. The predicted octanol–water partition coefficient (Wildman–Crippen LogP) is 2.16. The van der Waals surface area contributed by atoms with Gasteiger partial charge in [-0.1, -0.05) is 24.3 Å². The highest BCUT2D eigenvalue weighted by Gasteiger charge is 2.35. The SMILES string of the molecule is O=C1c2ccccc2-c2nc(C3CCCO3)[nH]c2C1O. The Morgan fingerprint density at radius 1 is 1.30 bits per heavy atom. The molecular weight excluding hydrogens is 256 g/mol. The van der Waals surface area contributed by atoms with Gasteiger partial charge in [-0.3, -0.25) is 4.79 Å². The number of fused-ring (bicyclic) bond motifs is 3. The first-order valence-electron chi connectivity index (χ1n) is 6.79. The number of hydrogen-bond donors (Lipinski definition) is 2. The maximum Gasteiger partial charge on any atom is 0.198 e. The van der Waals surface area contributed by atoms with Crippen LogP contribution in [0.1, 0.15) is 46.9 Å². The van der Waals surface area contributed by atoms with E-state index < -0.39 is 6.10 Å². The number of H-pyrrole nitrogens is 1. The van der Waals surface area contributed by atoms with Crippen molar-refractivity contribution in [2.75, 3.05) is 6.61 Å². The molecule has 1 aromatic carbocycles. The standard InChI is InChI=1S/C15H14N2O3/c18-13-9-5-2-1-4-8(9)11-12(14(13)19)17-15(16-11)10-6-3-7-20-10/h1-2,4-5,10,14,19H,3,6-7H2,(H,16,17). The van der Waals surface area contributed by atoms with E-state index in [4.69, 9.17) is 4.74 Å². The molecule has 2 unspecified atom stereocenters. The molecule has 5 nitrogen and oxygen atoms in total. The van der Waals surface area contributed by atoms with Crippen LogP contribution < -0.4 is 0 Å². The van der Waals surface area contributed by atoms with Crippen molar-refractivity contribution < 1.29 is 14.6 Å². The molecule has 0 spiro atoms. The van der Waals surface area contributed by atoms with E-state index >= 15 is 0 Å². The van der Waals surface area contributed by atoms with Crippen molar-refractivity contribution in [2.45, 2.75) is 25.0 Å². The number of rotatable bonds is 1. The third-order valence-corrected chi connectivity index (χ3v) is 3.95. The summed E-state index contributed by atoms with van der Waals surface area (Å²) in [7, 11) is 0. The minimum atomic E-state index is -1.16. The first-order chi connectivity index (χ1) is 9.75. The Morgan fingerprint density at radius 3 is 2.85 bits per heavy atom. The van der Waals surface area contributed by atoms with Gasteiger partial charge in [0.2, 0.25) is 0 Å². The Morgan fingerprint density at radius 2 is 2.10 bits per heavy atom. The van der Waals surface area contributed by atoms with Gasteiger partial charge in [-0.2, -0.15) is 0 Å². The molecule has 2 atom stereocenters. The molecule has 20 heavy (non-hydrogen) atoms. The van der Waals surface area contributed by atoms with Crippen LogP contribution in [0.15, 0.2) is 24.3 Å². The summed E-state index contributed by atoms with van der Waals surface area (Å²) in [6, 6.07) is 7.25. The fraction of sp³-hybridized carbons (Fsp3) is 0.333. The van der Waals surface area contributed by atoms with Crippen LogP contribution in [0, 0.1) is 0 Å². The molecule has 1 aliphatic heterocycles. The average Bonchev–Trinajstić information content (AvgIpc) is 3.13. The summed E-state index contributed by atoms with van der Waals surface area (Å²) >= 11 is 0. The lowest BCUT2D eigenvalue weighted by Crippen LogP contribution is -2.19. The summed E-state index contributed by atoms with van der Waals surface area (Å²) in [5.74, 6) is 0.423. The summed E-state index contributed by atoms with van der Waals surface area (Å²) in [6.07, 6.45) is 0.698. The van der Waals surface area contributed by atoms with Crippen LogP contribution in [0.5, 0.6) is 0 Å². The first kappa shape index (κ1) is 11.8. The zero-order valence-corrected chi connectivity index (χ0v) is 10.8. The van der Waals surface area contributed by atoms with Gasteiger partial charge in [-0.05, 0) is 12.8 Å². The van der Waals surface area contributed by atoms with Crippen molar-refractivity contribution in [3.8, 4) is 11.3 Å². The number of nitrogens with zero attached hydrogens (tertiary/aromatic N) is 1. The van der Waals surface area contributed by atoms with Gasteiger partial charge in [0.05, 0.1) is 11.4 Å². The molecule has 0 bridgehead atoms. The lowest BCUT2D eigenvalue weighted by atomic mass is 9.89. The van der Waals surface area contributed by atoms with E-state index in [2.05, 4.69) is 9.97 Å². The minimum Gasteiger partial charge on any atom is -0.379 e. The number of aromatic nitrogens is 2. The summed E-state index contributed by atoms with van der Waals surface area (Å²) in [6.45, 7) is 0.730. The molecule has 5 heteroatoms. The molecule has 1 fully saturated rings. The third-order valence-electron chi connectivity index (χ3n) is 3.95. The van der Waals surface area contributed by atoms with Gasteiger partial charge in [0.25, 0.3) is 0 Å². The number of aromatic amines is 1. The molecule has 0 amide bonds. The molecule has 1 aliphatic carbocycles. The van der Waals surface area contributed by atoms with Gasteiger partial charge in [-0.15, -0.1) is 0 Å². The number of carbonyl (C=O) groups is 1. The lowest BCUT2D eigenvalue weighted by Gasteiger charge is -2.18. The van der Waals surface area contributed by atoms with Crippen LogP contribution in [0.3, 0.4) is 0 Å². The van der Waals surface area contributed by atoms with Crippen molar-refractivity contribution in [1.82, 2.24) is 9.97 Å². The van der Waals surface area contributed by atoms with Crippen molar-refractivity contribution in [3.63, 3.8) is 0 Å². The molecule has 102 valence electrons. The number of aliphatic hydroxyl groups is 1. The van der Waals surface area contributed by atoms with E-state index in [1.54, 1.807) is 12.1 Å². The van der Waals surface area contributed by atoms with E-state index in [1.165, 1.54) is 0 Å². The Labute approximate surface area is 115 Å². The van der Waals surface area contributed by atoms with Gasteiger partial charge < -0.3 is 14.8 Å². The second-order valence-corrected chi connectivity index (χ2v) is 5.20. The largest absolute Gasteiger partial charge is 0.379 e. The Balaban J connectivity index is 1.88. The summed E-state index contributed by atoms with van der Waals surface area (Å²) < 4.78 is 5.61. The normalized spacial score (nSPS) is 24.6. The van der Waals surface area contributed by atoms with Gasteiger partial charge in [0.15, 0.2) is 11.9 Å². The number of imidazole rings is 1. The van der Waals surface area contributed by atoms with Crippen molar-refractivity contribution in [3.05, 3.63) is 41.3 Å². The number of nitrogens with one attached hydrogen (secondary N) is 1. The molecule has 2 N–H and O–H groups in total. The summed E-state index contributed by atoms with van der Waals surface area (Å²) in [5.41, 5.74) is 2.45. The van der Waals surface area contributed by atoms with Gasteiger partial charge in [-0.25, -0.2) is 4.98 Å². The maximum absolute atomic E-state index is 12.2. The number of ketones is 1. The van der Waals surface area contributed by atoms with Gasteiger partial charge in [0.1, 0.15) is 11.9 Å². The van der Waals surface area contributed by atoms with Crippen LogP contribution in [-0.4, -0.2) is 27.5 Å². The number of carbonyl (C=O) groups excluding carboxylic acids is 1. The molecule has 2 heterocycles. The van der Waals surface area contributed by atoms with Crippen LogP contribution >= 0.6 is 0 Å². The number of hydrogen-bond acceptors (Lipinski definition) is 4. The first-order valence-corrected chi connectivity index (χ1v) is 6.79.